The Kier molecular flexibility index (Phi) is 6.97. The molecule has 0 unspecified atom stereocenters. The van der Waals surface area contributed by atoms with Gasteiger partial charge in [0.2, 0.25) is 10.0 Å². The summed E-state index contributed by atoms with van der Waals surface area (Å²) in [6.07, 6.45) is 8.59. The smallest absolute Gasteiger partial charge is 0.276 e. The number of amides is 1. The van der Waals surface area contributed by atoms with Gasteiger partial charge in [-0.3, -0.25) is 19.6 Å². The second kappa shape index (κ2) is 10.1. The summed E-state index contributed by atoms with van der Waals surface area (Å²) in [5.74, 6) is -0.245. The minimum Gasteiger partial charge on any atom is -0.370 e. The van der Waals surface area contributed by atoms with Gasteiger partial charge < -0.3 is 10.2 Å². The standard InChI is InChI=1S/C24H27N7O3S/c1-16(12-19(15-25-2)31-10-4-5-11-31)17-6-8-21-20(13-17)23(29-28-21)24(32)27-18-7-9-22(26-14-18)30-35(3,33)34/h6-9,12-15H,2,4-5,10-11H2,1,3H3,(H,26,30)(H,27,32)(H,28,29)/b16-12+,19-15+. The van der Waals surface area contributed by atoms with Crippen molar-refractivity contribution in [1.82, 2.24) is 20.1 Å². The van der Waals surface area contributed by atoms with E-state index in [9.17, 15) is 13.2 Å². The van der Waals surface area contributed by atoms with Crippen LogP contribution in [-0.2, 0) is 10.0 Å². The molecule has 1 fully saturated rings. The SMILES string of the molecule is C=N/C=C(\C=C(/C)c1ccc2[nH]nc(C(=O)Nc3ccc(NS(C)(=O)=O)nc3)c2c1)N1CCCC1. The lowest BCUT2D eigenvalue weighted by Crippen LogP contribution is -2.17. The van der Waals surface area contributed by atoms with E-state index in [0.29, 0.717) is 11.1 Å². The van der Waals surface area contributed by atoms with Crippen LogP contribution in [0.15, 0.2) is 59.5 Å². The van der Waals surface area contributed by atoms with Crippen LogP contribution < -0.4 is 10.0 Å². The Hall–Kier alpha value is -3.99. The summed E-state index contributed by atoms with van der Waals surface area (Å²) in [7, 11) is -3.43. The molecule has 4 rings (SSSR count). The summed E-state index contributed by atoms with van der Waals surface area (Å²) in [6, 6.07) is 8.83. The highest BCUT2D eigenvalue weighted by Crippen LogP contribution is 2.26. The van der Waals surface area contributed by atoms with Crippen molar-refractivity contribution in [3.63, 3.8) is 0 Å². The first-order valence-electron chi connectivity index (χ1n) is 11.1. The number of aromatic nitrogens is 3. The van der Waals surface area contributed by atoms with Crippen molar-refractivity contribution < 1.29 is 13.2 Å². The molecule has 0 aliphatic carbocycles. The predicted molar refractivity (Wildman–Crippen MR) is 139 cm³/mol. The lowest BCUT2D eigenvalue weighted by Gasteiger charge is -2.19. The zero-order chi connectivity index (χ0) is 25.0. The number of nitrogens with zero attached hydrogens (tertiary/aromatic N) is 4. The van der Waals surface area contributed by atoms with Crippen molar-refractivity contribution >= 4 is 50.6 Å². The van der Waals surface area contributed by atoms with E-state index in [1.54, 1.807) is 12.3 Å². The number of aromatic amines is 1. The second-order valence-electron chi connectivity index (χ2n) is 8.35. The molecule has 182 valence electrons. The zero-order valence-corrected chi connectivity index (χ0v) is 20.4. The van der Waals surface area contributed by atoms with E-state index >= 15 is 0 Å². The summed E-state index contributed by atoms with van der Waals surface area (Å²) >= 11 is 0. The number of nitrogens with one attached hydrogen (secondary N) is 3. The number of anilines is 2. The Labute approximate surface area is 203 Å². The molecular weight excluding hydrogens is 466 g/mol. The number of rotatable bonds is 8. The van der Waals surface area contributed by atoms with Gasteiger partial charge in [0.05, 0.1) is 29.4 Å². The van der Waals surface area contributed by atoms with E-state index in [4.69, 9.17) is 0 Å². The number of carbonyl (C=O) groups is 1. The van der Waals surface area contributed by atoms with Gasteiger partial charge >= 0.3 is 0 Å². The van der Waals surface area contributed by atoms with Crippen molar-refractivity contribution in [2.45, 2.75) is 19.8 Å². The van der Waals surface area contributed by atoms with Gasteiger partial charge in [0, 0.05) is 24.7 Å². The number of likely N-dealkylation sites (tertiary alicyclic amines) is 1. The first kappa shape index (κ1) is 24.1. The van der Waals surface area contributed by atoms with Gasteiger partial charge in [0.15, 0.2) is 5.69 Å². The highest BCUT2D eigenvalue weighted by molar-refractivity contribution is 7.92. The van der Waals surface area contributed by atoms with Crippen molar-refractivity contribution in [3.05, 3.63) is 65.8 Å². The van der Waals surface area contributed by atoms with Gasteiger partial charge in [0.1, 0.15) is 5.82 Å². The van der Waals surface area contributed by atoms with E-state index in [1.165, 1.54) is 12.3 Å². The van der Waals surface area contributed by atoms with Crippen molar-refractivity contribution in [2.24, 2.45) is 4.99 Å². The number of allylic oxidation sites excluding steroid dienone is 2. The number of sulfonamides is 1. The molecule has 10 nitrogen and oxygen atoms in total. The number of pyridine rings is 1. The minimum absolute atomic E-state index is 0.164. The van der Waals surface area contributed by atoms with Gasteiger partial charge in [-0.1, -0.05) is 6.07 Å². The largest absolute Gasteiger partial charge is 0.370 e. The molecule has 35 heavy (non-hydrogen) atoms. The quantitative estimate of drug-likeness (QED) is 0.324. The maximum atomic E-state index is 12.9. The molecule has 0 saturated carbocycles. The van der Waals surface area contributed by atoms with E-state index in [0.717, 1.165) is 54.5 Å². The average Bonchev–Trinajstić information content (AvgIpc) is 3.49. The molecule has 11 heteroatoms. The van der Waals surface area contributed by atoms with Crippen LogP contribution >= 0.6 is 0 Å². The molecule has 1 aliphatic heterocycles. The molecule has 0 atom stereocenters. The van der Waals surface area contributed by atoms with E-state index in [1.807, 2.05) is 25.1 Å². The molecule has 1 saturated heterocycles. The number of benzene rings is 1. The highest BCUT2D eigenvalue weighted by Gasteiger charge is 2.17. The number of carbonyl (C=O) groups excluding carboxylic acids is 1. The first-order valence-corrected chi connectivity index (χ1v) is 13.0. The molecule has 0 spiro atoms. The zero-order valence-electron chi connectivity index (χ0n) is 19.6. The predicted octanol–water partition coefficient (Wildman–Crippen LogP) is 3.62. The molecule has 3 N–H and O–H groups in total. The molecule has 1 aliphatic rings. The fourth-order valence-corrected chi connectivity index (χ4v) is 4.43. The first-order chi connectivity index (χ1) is 16.7. The van der Waals surface area contributed by atoms with Crippen LogP contribution in [-0.4, -0.2) is 60.5 Å². The third-order valence-electron chi connectivity index (χ3n) is 5.60. The van der Waals surface area contributed by atoms with Crippen molar-refractivity contribution in [3.8, 4) is 0 Å². The molecule has 2 aromatic heterocycles. The number of hydrogen-bond acceptors (Lipinski definition) is 7. The molecule has 1 aromatic carbocycles. The summed E-state index contributed by atoms with van der Waals surface area (Å²) in [5, 5.41) is 10.5. The fourth-order valence-electron chi connectivity index (χ4n) is 3.93. The van der Waals surface area contributed by atoms with Gasteiger partial charge in [-0.25, -0.2) is 13.4 Å². The molecule has 3 heterocycles. The van der Waals surface area contributed by atoms with E-state index in [-0.39, 0.29) is 11.5 Å². The van der Waals surface area contributed by atoms with Gasteiger partial charge in [-0.05, 0) is 68.0 Å². The van der Waals surface area contributed by atoms with Crippen LogP contribution in [0.4, 0.5) is 11.5 Å². The minimum atomic E-state index is -3.43. The Bertz CT molecular complexity index is 1420. The third kappa shape index (κ3) is 5.93. The third-order valence-corrected chi connectivity index (χ3v) is 6.18. The second-order valence-corrected chi connectivity index (χ2v) is 10.1. The fraction of sp³-hybridized carbons (Fsp3) is 0.250. The van der Waals surface area contributed by atoms with Gasteiger partial charge in [-0.2, -0.15) is 5.10 Å². The Morgan fingerprint density at radius 2 is 2.00 bits per heavy atom. The van der Waals surface area contributed by atoms with Gasteiger partial charge in [0.25, 0.3) is 5.91 Å². The number of aliphatic imine (C=N–C) groups is 1. The molecule has 3 aromatic rings. The summed E-state index contributed by atoms with van der Waals surface area (Å²) in [4.78, 5) is 23.2. The molecule has 0 radical (unpaired) electrons. The van der Waals surface area contributed by atoms with Crippen LogP contribution in [0.3, 0.4) is 0 Å². The summed E-state index contributed by atoms with van der Waals surface area (Å²) in [6.45, 7) is 7.61. The summed E-state index contributed by atoms with van der Waals surface area (Å²) in [5.41, 5.74) is 4.40. The monoisotopic (exact) mass is 493 g/mol. The van der Waals surface area contributed by atoms with Crippen LogP contribution in [0.1, 0.15) is 35.8 Å². The number of fused-ring (bicyclic) bond motifs is 1. The Morgan fingerprint density at radius 3 is 2.66 bits per heavy atom. The number of H-pyrrole nitrogens is 1. The molecule has 0 bridgehead atoms. The Morgan fingerprint density at radius 1 is 1.23 bits per heavy atom. The molecule has 1 amide bonds. The van der Waals surface area contributed by atoms with E-state index in [2.05, 4.69) is 47.9 Å². The maximum absolute atomic E-state index is 12.9. The highest BCUT2D eigenvalue weighted by atomic mass is 32.2. The summed E-state index contributed by atoms with van der Waals surface area (Å²) < 4.78 is 24.9. The Balaban J connectivity index is 1.56. The van der Waals surface area contributed by atoms with Crippen LogP contribution in [0.5, 0.6) is 0 Å². The lowest BCUT2D eigenvalue weighted by atomic mass is 10.0. The average molecular weight is 494 g/mol. The van der Waals surface area contributed by atoms with Crippen LogP contribution in [0.25, 0.3) is 16.5 Å². The van der Waals surface area contributed by atoms with Crippen LogP contribution in [0, 0.1) is 0 Å². The lowest BCUT2D eigenvalue weighted by molar-refractivity contribution is 0.102. The van der Waals surface area contributed by atoms with Crippen molar-refractivity contribution in [1.29, 1.82) is 0 Å². The van der Waals surface area contributed by atoms with Crippen molar-refractivity contribution in [2.75, 3.05) is 29.4 Å². The van der Waals surface area contributed by atoms with Gasteiger partial charge in [-0.15, -0.1) is 0 Å². The number of hydrogen-bond donors (Lipinski definition) is 3. The molecular formula is C24H27N7O3S. The van der Waals surface area contributed by atoms with Crippen LogP contribution in [0.2, 0.25) is 0 Å². The maximum Gasteiger partial charge on any atom is 0.276 e. The van der Waals surface area contributed by atoms with E-state index < -0.39 is 15.9 Å². The normalized spacial score (nSPS) is 14.9. The topological polar surface area (TPSA) is 132 Å².